The maximum atomic E-state index is 13.2. The summed E-state index contributed by atoms with van der Waals surface area (Å²) in [5.74, 6) is 0.465. The minimum atomic E-state index is -0.247. The van der Waals surface area contributed by atoms with Gasteiger partial charge in [-0.3, -0.25) is 4.99 Å². The predicted octanol–water partition coefficient (Wildman–Crippen LogP) is 4.54. The molecule has 1 atom stereocenters. The van der Waals surface area contributed by atoms with Crippen molar-refractivity contribution in [2.24, 2.45) is 4.99 Å². The lowest BCUT2D eigenvalue weighted by molar-refractivity contribution is 0.252. The molecule has 0 fully saturated rings. The molecule has 0 spiro atoms. The Kier molecular flexibility index (Phi) is 6.29. The van der Waals surface area contributed by atoms with Crippen LogP contribution < -0.4 is 15.4 Å². The highest BCUT2D eigenvalue weighted by Gasteiger charge is 2.35. The Morgan fingerprint density at radius 3 is 2.79 bits per heavy atom. The molecule has 0 bridgehead atoms. The van der Waals surface area contributed by atoms with E-state index in [1.165, 1.54) is 12.1 Å². The zero-order valence-electron chi connectivity index (χ0n) is 16.3. The number of halogens is 1. The molecule has 1 aliphatic heterocycles. The molecule has 0 saturated carbocycles. The van der Waals surface area contributed by atoms with Crippen molar-refractivity contribution < 1.29 is 13.9 Å². The van der Waals surface area contributed by atoms with Crippen LogP contribution in [0.3, 0.4) is 0 Å². The van der Waals surface area contributed by atoms with E-state index in [1.807, 2.05) is 30.3 Å². The van der Waals surface area contributed by atoms with Gasteiger partial charge in [-0.1, -0.05) is 25.1 Å². The molecule has 5 nitrogen and oxygen atoms in total. The second-order valence-corrected chi connectivity index (χ2v) is 7.13. The van der Waals surface area contributed by atoms with Crippen LogP contribution in [-0.4, -0.2) is 31.9 Å². The summed E-state index contributed by atoms with van der Waals surface area (Å²) in [7, 11) is 1.59. The lowest BCUT2D eigenvalue weighted by Crippen LogP contribution is -2.32. The molecule has 1 unspecified atom stereocenters. The van der Waals surface area contributed by atoms with Gasteiger partial charge < -0.3 is 15.4 Å². The minimum Gasteiger partial charge on any atom is -0.497 e. The Bertz CT molecular complexity index is 851. The third-order valence-corrected chi connectivity index (χ3v) is 5.24. The van der Waals surface area contributed by atoms with Crippen LogP contribution in [0.4, 0.5) is 14.9 Å². The molecule has 148 valence electrons. The number of amides is 2. The number of hydrogen-bond donors (Lipinski definition) is 2. The number of carbonyl (C=O) groups excluding carboxylic acids is 1. The van der Waals surface area contributed by atoms with Gasteiger partial charge in [0, 0.05) is 36.0 Å². The van der Waals surface area contributed by atoms with Crippen LogP contribution in [0, 0.1) is 5.82 Å². The van der Waals surface area contributed by atoms with Gasteiger partial charge in [-0.15, -0.1) is 0 Å². The highest BCUT2D eigenvalue weighted by atomic mass is 19.1. The van der Waals surface area contributed by atoms with Crippen LogP contribution in [0.15, 0.2) is 53.5 Å². The summed E-state index contributed by atoms with van der Waals surface area (Å²) in [6.07, 6.45) is 2.52. The quantitative estimate of drug-likeness (QED) is 0.690. The number of ether oxygens (including phenoxy) is 1. The molecular weight excluding hydrogens is 357 g/mol. The summed E-state index contributed by atoms with van der Waals surface area (Å²) in [5, 5.41) is 5.67. The summed E-state index contributed by atoms with van der Waals surface area (Å²) in [5.41, 5.74) is 2.74. The first-order valence-electron chi connectivity index (χ1n) is 9.50. The summed E-state index contributed by atoms with van der Waals surface area (Å²) in [6, 6.07) is 13.7. The Morgan fingerprint density at radius 2 is 2.04 bits per heavy atom. The minimum absolute atomic E-state index is 0.156. The van der Waals surface area contributed by atoms with Crippen LogP contribution in [0.5, 0.6) is 5.75 Å². The molecule has 1 heterocycles. The number of carbonyl (C=O) groups is 1. The maximum absolute atomic E-state index is 13.2. The van der Waals surface area contributed by atoms with Crippen molar-refractivity contribution in [3.8, 4) is 5.75 Å². The molecule has 2 N–H and O–H groups in total. The standard InChI is InChI=1S/C22H26FN3O2/c1-22(16-8-10-17(23)11-9-16)12-14-24-20(22)7-4-13-25-21(27)26-18-5-3-6-19(15-18)28-2/h3,5-6,8-11,15H,4,7,12-14H2,1-2H3,(H2,25,26,27). The summed E-state index contributed by atoms with van der Waals surface area (Å²) >= 11 is 0. The molecular formula is C22H26FN3O2. The van der Waals surface area contributed by atoms with E-state index >= 15 is 0 Å². The predicted molar refractivity (Wildman–Crippen MR) is 110 cm³/mol. The van der Waals surface area contributed by atoms with E-state index in [4.69, 9.17) is 4.74 Å². The van der Waals surface area contributed by atoms with E-state index in [1.54, 1.807) is 13.2 Å². The zero-order chi connectivity index (χ0) is 20.0. The van der Waals surface area contributed by atoms with Gasteiger partial charge in [0.2, 0.25) is 0 Å². The first-order chi connectivity index (χ1) is 13.5. The molecule has 0 saturated heterocycles. The second-order valence-electron chi connectivity index (χ2n) is 7.13. The number of nitrogens with one attached hydrogen (secondary N) is 2. The average Bonchev–Trinajstić information content (AvgIpc) is 3.07. The van der Waals surface area contributed by atoms with Gasteiger partial charge in [-0.05, 0) is 49.1 Å². The number of rotatable bonds is 7. The Balaban J connectivity index is 1.47. The van der Waals surface area contributed by atoms with Crippen LogP contribution >= 0.6 is 0 Å². The number of benzene rings is 2. The number of methoxy groups -OCH3 is 1. The van der Waals surface area contributed by atoms with Gasteiger partial charge >= 0.3 is 6.03 Å². The maximum Gasteiger partial charge on any atom is 0.319 e. The number of aliphatic imine (C=N–C) groups is 1. The zero-order valence-corrected chi connectivity index (χ0v) is 16.3. The van der Waals surface area contributed by atoms with E-state index in [9.17, 15) is 9.18 Å². The number of nitrogens with zero attached hydrogens (tertiary/aromatic N) is 1. The summed E-state index contributed by atoms with van der Waals surface area (Å²) in [6.45, 7) is 3.50. The highest BCUT2D eigenvalue weighted by molar-refractivity contribution is 5.96. The molecule has 0 aliphatic carbocycles. The molecule has 2 aromatic rings. The number of urea groups is 1. The Morgan fingerprint density at radius 1 is 1.25 bits per heavy atom. The summed E-state index contributed by atoms with van der Waals surface area (Å²) < 4.78 is 18.4. The summed E-state index contributed by atoms with van der Waals surface area (Å²) in [4.78, 5) is 16.7. The third kappa shape index (κ3) is 4.68. The molecule has 0 aromatic heterocycles. The molecule has 2 amide bonds. The van der Waals surface area contributed by atoms with Gasteiger partial charge in [0.25, 0.3) is 0 Å². The molecule has 2 aromatic carbocycles. The van der Waals surface area contributed by atoms with Gasteiger partial charge in [0.15, 0.2) is 0 Å². The van der Waals surface area contributed by atoms with Crippen molar-refractivity contribution in [2.75, 3.05) is 25.5 Å². The average molecular weight is 383 g/mol. The molecule has 1 aliphatic rings. The van der Waals surface area contributed by atoms with Crippen LogP contribution in [0.2, 0.25) is 0 Å². The van der Waals surface area contributed by atoms with E-state index in [2.05, 4.69) is 22.5 Å². The van der Waals surface area contributed by atoms with Gasteiger partial charge in [-0.2, -0.15) is 0 Å². The Hall–Kier alpha value is -2.89. The SMILES string of the molecule is COc1cccc(NC(=O)NCCCC2=NCCC2(C)c2ccc(F)cc2)c1. The fourth-order valence-corrected chi connectivity index (χ4v) is 3.55. The first-order valence-corrected chi connectivity index (χ1v) is 9.50. The van der Waals surface area contributed by atoms with Crippen molar-refractivity contribution in [3.05, 3.63) is 59.9 Å². The second kappa shape index (κ2) is 8.87. The molecule has 28 heavy (non-hydrogen) atoms. The fourth-order valence-electron chi connectivity index (χ4n) is 3.55. The largest absolute Gasteiger partial charge is 0.497 e. The molecule has 3 rings (SSSR count). The van der Waals surface area contributed by atoms with E-state index in [-0.39, 0.29) is 17.3 Å². The van der Waals surface area contributed by atoms with Crippen molar-refractivity contribution >= 4 is 17.4 Å². The molecule has 6 heteroatoms. The van der Waals surface area contributed by atoms with Crippen molar-refractivity contribution in [3.63, 3.8) is 0 Å². The van der Waals surface area contributed by atoms with E-state index < -0.39 is 0 Å². The lowest BCUT2D eigenvalue weighted by atomic mass is 9.76. The van der Waals surface area contributed by atoms with Gasteiger partial charge in [0.05, 0.1) is 7.11 Å². The normalized spacial score (nSPS) is 18.5. The van der Waals surface area contributed by atoms with Gasteiger partial charge in [0.1, 0.15) is 11.6 Å². The first kappa shape index (κ1) is 19.9. The third-order valence-electron chi connectivity index (χ3n) is 5.24. The van der Waals surface area contributed by atoms with Crippen LogP contribution in [0.25, 0.3) is 0 Å². The van der Waals surface area contributed by atoms with Crippen LogP contribution in [0.1, 0.15) is 31.7 Å². The van der Waals surface area contributed by atoms with Crippen molar-refractivity contribution in [2.45, 2.75) is 31.6 Å². The van der Waals surface area contributed by atoms with Crippen LogP contribution in [-0.2, 0) is 5.41 Å². The van der Waals surface area contributed by atoms with E-state index in [0.29, 0.717) is 18.0 Å². The number of hydrogen-bond acceptors (Lipinski definition) is 3. The van der Waals surface area contributed by atoms with Crippen molar-refractivity contribution in [1.29, 1.82) is 0 Å². The van der Waals surface area contributed by atoms with Gasteiger partial charge in [-0.25, -0.2) is 9.18 Å². The monoisotopic (exact) mass is 383 g/mol. The molecule has 0 radical (unpaired) electrons. The van der Waals surface area contributed by atoms with E-state index in [0.717, 1.165) is 37.1 Å². The fraction of sp³-hybridized carbons (Fsp3) is 0.364. The topological polar surface area (TPSA) is 62.7 Å². The Labute approximate surface area is 165 Å². The van der Waals surface area contributed by atoms with Crippen molar-refractivity contribution in [1.82, 2.24) is 5.32 Å². The number of anilines is 1. The smallest absolute Gasteiger partial charge is 0.319 e. The lowest BCUT2D eigenvalue weighted by Gasteiger charge is -2.27. The highest BCUT2D eigenvalue weighted by Crippen LogP contribution is 2.35.